The minimum absolute atomic E-state index is 0.126. The fourth-order valence-corrected chi connectivity index (χ4v) is 3.12. The molecule has 0 bridgehead atoms. The van der Waals surface area contributed by atoms with E-state index in [9.17, 15) is 4.79 Å². The largest absolute Gasteiger partial charge is 0.489 e. The Labute approximate surface area is 129 Å². The second kappa shape index (κ2) is 6.10. The molecule has 1 aliphatic carbocycles. The molecular formula is C17H19ClO3. The van der Waals surface area contributed by atoms with Crippen molar-refractivity contribution < 1.29 is 14.3 Å². The second-order valence-electron chi connectivity index (χ2n) is 5.71. The number of halogens is 1. The van der Waals surface area contributed by atoms with Gasteiger partial charge in [-0.3, -0.25) is 4.79 Å². The van der Waals surface area contributed by atoms with Gasteiger partial charge in [-0.25, -0.2) is 0 Å². The molecule has 1 atom stereocenters. The molecule has 1 aromatic carbocycles. The van der Waals surface area contributed by atoms with Crippen LogP contribution in [0.1, 0.15) is 38.2 Å². The van der Waals surface area contributed by atoms with E-state index < -0.39 is 0 Å². The molecule has 0 amide bonds. The molecule has 0 aromatic heterocycles. The van der Waals surface area contributed by atoms with E-state index in [0.717, 1.165) is 36.8 Å². The van der Waals surface area contributed by atoms with Crippen molar-refractivity contribution in [1.29, 1.82) is 0 Å². The predicted molar refractivity (Wildman–Crippen MR) is 83.1 cm³/mol. The highest BCUT2D eigenvalue weighted by Crippen LogP contribution is 2.39. The SMILES string of the molecule is C[C@@H]1CCC/C(=C\c2cc(Cl)c3c(c2)OCCCO3)C1=O. The minimum atomic E-state index is 0.126. The predicted octanol–water partition coefficient (Wildman–Crippen LogP) is 4.27. The number of hydrogen-bond donors (Lipinski definition) is 0. The fourth-order valence-electron chi connectivity index (χ4n) is 2.85. The molecule has 1 saturated carbocycles. The zero-order valence-electron chi connectivity index (χ0n) is 12.2. The molecule has 1 aromatic rings. The van der Waals surface area contributed by atoms with Crippen LogP contribution in [0.5, 0.6) is 11.5 Å². The van der Waals surface area contributed by atoms with Gasteiger partial charge in [0.05, 0.1) is 18.2 Å². The minimum Gasteiger partial charge on any atom is -0.489 e. The van der Waals surface area contributed by atoms with E-state index in [0.29, 0.717) is 29.7 Å². The maximum atomic E-state index is 12.2. The average Bonchev–Trinajstić information content (AvgIpc) is 2.70. The Hall–Kier alpha value is -1.48. The van der Waals surface area contributed by atoms with Crippen molar-refractivity contribution in [2.75, 3.05) is 13.2 Å². The normalized spacial score (nSPS) is 24.0. The number of fused-ring (bicyclic) bond motifs is 1. The van der Waals surface area contributed by atoms with Crippen LogP contribution in [0.3, 0.4) is 0 Å². The molecule has 21 heavy (non-hydrogen) atoms. The molecule has 2 aliphatic rings. The van der Waals surface area contributed by atoms with E-state index in [1.165, 1.54) is 0 Å². The summed E-state index contributed by atoms with van der Waals surface area (Å²) in [5.74, 6) is 1.66. The molecule has 1 heterocycles. The van der Waals surface area contributed by atoms with E-state index in [4.69, 9.17) is 21.1 Å². The Bertz CT molecular complexity index is 592. The maximum Gasteiger partial charge on any atom is 0.179 e. The van der Waals surface area contributed by atoms with E-state index in [2.05, 4.69) is 0 Å². The lowest BCUT2D eigenvalue weighted by molar-refractivity contribution is -0.119. The van der Waals surface area contributed by atoms with E-state index in [1.54, 1.807) is 0 Å². The van der Waals surface area contributed by atoms with Crippen LogP contribution in [0.4, 0.5) is 0 Å². The summed E-state index contributed by atoms with van der Waals surface area (Å²) < 4.78 is 11.3. The average molecular weight is 307 g/mol. The summed E-state index contributed by atoms with van der Waals surface area (Å²) in [4.78, 5) is 12.2. The van der Waals surface area contributed by atoms with Crippen LogP contribution < -0.4 is 9.47 Å². The van der Waals surface area contributed by atoms with Crippen molar-refractivity contribution in [2.24, 2.45) is 5.92 Å². The first kappa shape index (κ1) is 14.5. The van der Waals surface area contributed by atoms with E-state index in [-0.39, 0.29) is 11.7 Å². The van der Waals surface area contributed by atoms with Crippen LogP contribution in [-0.4, -0.2) is 19.0 Å². The van der Waals surface area contributed by atoms with Crippen molar-refractivity contribution >= 4 is 23.5 Å². The lowest BCUT2D eigenvalue weighted by Crippen LogP contribution is -2.18. The Morgan fingerprint density at radius 2 is 2.05 bits per heavy atom. The number of carbonyl (C=O) groups excluding carboxylic acids is 1. The number of ketones is 1. The van der Waals surface area contributed by atoms with Gasteiger partial charge in [0.25, 0.3) is 0 Å². The molecule has 1 aliphatic heterocycles. The quantitative estimate of drug-likeness (QED) is 0.727. The molecule has 0 saturated heterocycles. The van der Waals surface area contributed by atoms with Crippen molar-refractivity contribution in [3.63, 3.8) is 0 Å². The molecule has 3 rings (SSSR count). The summed E-state index contributed by atoms with van der Waals surface area (Å²) in [6.45, 7) is 3.23. The van der Waals surface area contributed by atoms with Gasteiger partial charge in [-0.15, -0.1) is 0 Å². The first-order valence-corrected chi connectivity index (χ1v) is 7.87. The van der Waals surface area contributed by atoms with Gasteiger partial charge in [0.15, 0.2) is 17.3 Å². The van der Waals surface area contributed by atoms with Gasteiger partial charge in [0.2, 0.25) is 0 Å². The van der Waals surface area contributed by atoms with Crippen molar-refractivity contribution in [1.82, 2.24) is 0 Å². The molecule has 0 unspecified atom stereocenters. The van der Waals surface area contributed by atoms with Crippen LogP contribution in [0.25, 0.3) is 6.08 Å². The first-order chi connectivity index (χ1) is 10.1. The Morgan fingerprint density at radius 3 is 2.90 bits per heavy atom. The number of Topliss-reactive ketones (excluding diaryl/α,β-unsaturated/α-hetero) is 1. The molecule has 0 N–H and O–H groups in total. The fraction of sp³-hybridized carbons (Fsp3) is 0.471. The highest BCUT2D eigenvalue weighted by atomic mass is 35.5. The van der Waals surface area contributed by atoms with Crippen LogP contribution >= 0.6 is 11.6 Å². The number of hydrogen-bond acceptors (Lipinski definition) is 3. The summed E-state index contributed by atoms with van der Waals surface area (Å²) in [6.07, 6.45) is 5.68. The summed E-state index contributed by atoms with van der Waals surface area (Å²) in [6, 6.07) is 3.75. The highest BCUT2D eigenvalue weighted by molar-refractivity contribution is 6.32. The second-order valence-corrected chi connectivity index (χ2v) is 6.11. The van der Waals surface area contributed by atoms with Gasteiger partial charge in [-0.1, -0.05) is 18.5 Å². The molecular weight excluding hydrogens is 288 g/mol. The lowest BCUT2D eigenvalue weighted by atomic mass is 9.84. The van der Waals surface area contributed by atoms with Gasteiger partial charge in [-0.2, -0.15) is 0 Å². The Balaban J connectivity index is 1.94. The molecule has 1 fully saturated rings. The highest BCUT2D eigenvalue weighted by Gasteiger charge is 2.23. The number of allylic oxidation sites excluding steroid dienone is 1. The van der Waals surface area contributed by atoms with Crippen molar-refractivity contribution in [3.8, 4) is 11.5 Å². The first-order valence-electron chi connectivity index (χ1n) is 7.49. The van der Waals surface area contributed by atoms with E-state index >= 15 is 0 Å². The number of benzene rings is 1. The number of carbonyl (C=O) groups is 1. The topological polar surface area (TPSA) is 35.5 Å². The molecule has 3 nitrogen and oxygen atoms in total. The summed E-state index contributed by atoms with van der Waals surface area (Å²) >= 11 is 6.28. The third kappa shape index (κ3) is 3.08. The van der Waals surface area contributed by atoms with Gasteiger partial charge in [-0.05, 0) is 48.6 Å². The third-order valence-corrected chi connectivity index (χ3v) is 4.29. The molecule has 4 heteroatoms. The lowest BCUT2D eigenvalue weighted by Gasteiger charge is -2.19. The van der Waals surface area contributed by atoms with E-state index in [1.807, 2.05) is 25.1 Å². The van der Waals surface area contributed by atoms with Crippen LogP contribution in [0.15, 0.2) is 17.7 Å². The van der Waals surface area contributed by atoms with Gasteiger partial charge in [0.1, 0.15) is 0 Å². The summed E-state index contributed by atoms with van der Waals surface area (Å²) in [5, 5.41) is 0.539. The Morgan fingerprint density at radius 1 is 1.24 bits per heavy atom. The summed E-state index contributed by atoms with van der Waals surface area (Å²) in [7, 11) is 0. The van der Waals surface area contributed by atoms with Crippen LogP contribution in [0.2, 0.25) is 5.02 Å². The monoisotopic (exact) mass is 306 g/mol. The van der Waals surface area contributed by atoms with Crippen molar-refractivity contribution in [3.05, 3.63) is 28.3 Å². The third-order valence-electron chi connectivity index (χ3n) is 4.01. The molecule has 112 valence electrons. The standard InChI is InChI=1S/C17H19ClO3/c1-11-4-2-5-13(16(11)19)8-12-9-14(18)17-15(10-12)20-6-3-7-21-17/h8-11H,2-7H2,1H3/b13-8+/t11-/m1/s1. The van der Waals surface area contributed by atoms with Gasteiger partial charge >= 0.3 is 0 Å². The van der Waals surface area contributed by atoms with Crippen LogP contribution in [-0.2, 0) is 4.79 Å². The smallest absolute Gasteiger partial charge is 0.179 e. The maximum absolute atomic E-state index is 12.2. The van der Waals surface area contributed by atoms with Crippen molar-refractivity contribution in [2.45, 2.75) is 32.6 Å². The zero-order valence-corrected chi connectivity index (χ0v) is 12.9. The molecule has 0 spiro atoms. The number of rotatable bonds is 1. The molecule has 0 radical (unpaired) electrons. The Kier molecular flexibility index (Phi) is 4.20. The van der Waals surface area contributed by atoms with Gasteiger partial charge in [0, 0.05) is 12.3 Å². The van der Waals surface area contributed by atoms with Crippen LogP contribution in [0, 0.1) is 5.92 Å². The number of ether oxygens (including phenoxy) is 2. The zero-order chi connectivity index (χ0) is 14.8. The summed E-state index contributed by atoms with van der Waals surface area (Å²) in [5.41, 5.74) is 1.79. The van der Waals surface area contributed by atoms with Gasteiger partial charge < -0.3 is 9.47 Å².